The second-order valence-electron chi connectivity index (χ2n) is 7.03. The molecular weight excluding hydrogens is 276 g/mol. The van der Waals surface area contributed by atoms with Gasteiger partial charge < -0.3 is 9.47 Å². The zero-order chi connectivity index (χ0) is 16.3. The molecule has 3 nitrogen and oxygen atoms in total. The maximum Gasteiger partial charge on any atom is 0.308 e. The Morgan fingerprint density at radius 1 is 1.09 bits per heavy atom. The fourth-order valence-electron chi connectivity index (χ4n) is 3.32. The molecule has 0 spiro atoms. The minimum atomic E-state index is -0.322. The first-order valence-corrected chi connectivity index (χ1v) is 7.60. The van der Waals surface area contributed by atoms with Gasteiger partial charge in [0.25, 0.3) is 0 Å². The number of hydrogen-bond donors (Lipinski definition) is 0. The zero-order valence-electron chi connectivity index (χ0n) is 14.0. The van der Waals surface area contributed by atoms with Crippen LogP contribution >= 0.6 is 0 Å². The Bertz CT molecular complexity index is 785. The van der Waals surface area contributed by atoms with Gasteiger partial charge in [-0.25, -0.2) is 0 Å². The average molecular weight is 298 g/mol. The minimum absolute atomic E-state index is 0.175. The van der Waals surface area contributed by atoms with Crippen LogP contribution in [-0.4, -0.2) is 11.6 Å². The van der Waals surface area contributed by atoms with Gasteiger partial charge in [0, 0.05) is 34.2 Å². The molecule has 2 aromatic rings. The van der Waals surface area contributed by atoms with Crippen LogP contribution in [0.3, 0.4) is 0 Å². The van der Waals surface area contributed by atoms with E-state index in [0.717, 1.165) is 27.6 Å². The van der Waals surface area contributed by atoms with Gasteiger partial charge in [-0.05, 0) is 20.8 Å². The van der Waals surface area contributed by atoms with Crippen molar-refractivity contribution >= 4 is 16.7 Å². The van der Waals surface area contributed by atoms with Crippen molar-refractivity contribution in [2.75, 3.05) is 0 Å². The number of fused-ring (bicyclic) bond motifs is 3. The maximum absolute atomic E-state index is 11.5. The highest BCUT2D eigenvalue weighted by atomic mass is 16.5. The van der Waals surface area contributed by atoms with Crippen LogP contribution in [0.2, 0.25) is 0 Å². The lowest BCUT2D eigenvalue weighted by Gasteiger charge is -2.34. The number of benzene rings is 2. The van der Waals surface area contributed by atoms with Crippen molar-refractivity contribution < 1.29 is 14.3 Å². The van der Waals surface area contributed by atoms with E-state index < -0.39 is 0 Å². The second kappa shape index (κ2) is 4.48. The largest absolute Gasteiger partial charge is 0.486 e. The summed E-state index contributed by atoms with van der Waals surface area (Å²) in [4.78, 5) is 11.5. The topological polar surface area (TPSA) is 35.5 Å². The third kappa shape index (κ3) is 1.84. The van der Waals surface area contributed by atoms with E-state index in [0.29, 0.717) is 5.75 Å². The first-order chi connectivity index (χ1) is 10.2. The molecule has 2 aromatic carbocycles. The number of ether oxygens (including phenoxy) is 2. The van der Waals surface area contributed by atoms with E-state index >= 15 is 0 Å². The molecule has 0 aromatic heterocycles. The highest BCUT2D eigenvalue weighted by molar-refractivity contribution is 5.98. The van der Waals surface area contributed by atoms with Gasteiger partial charge in [-0.2, -0.15) is 0 Å². The molecule has 0 unspecified atom stereocenters. The normalized spacial score (nSPS) is 17.9. The molecule has 0 atom stereocenters. The Labute approximate surface area is 131 Å². The molecule has 1 aliphatic rings. The number of esters is 1. The fraction of sp³-hybridized carbons (Fsp3) is 0.421. The molecule has 0 N–H and O–H groups in total. The predicted molar refractivity (Wildman–Crippen MR) is 87.7 cm³/mol. The summed E-state index contributed by atoms with van der Waals surface area (Å²) in [6.07, 6.45) is 0. The van der Waals surface area contributed by atoms with Gasteiger partial charge in [0.1, 0.15) is 17.1 Å². The maximum atomic E-state index is 11.5. The molecule has 0 saturated heterocycles. The van der Waals surface area contributed by atoms with Crippen LogP contribution in [0.4, 0.5) is 0 Å². The molecule has 0 aliphatic carbocycles. The van der Waals surface area contributed by atoms with E-state index in [1.54, 1.807) is 0 Å². The van der Waals surface area contributed by atoms with E-state index in [2.05, 4.69) is 27.7 Å². The Balaban J connectivity index is 2.44. The van der Waals surface area contributed by atoms with Gasteiger partial charge in [0.2, 0.25) is 0 Å². The van der Waals surface area contributed by atoms with Crippen LogP contribution in [0.5, 0.6) is 11.5 Å². The molecule has 1 aliphatic heterocycles. The summed E-state index contributed by atoms with van der Waals surface area (Å²) in [6.45, 7) is 12.0. The Morgan fingerprint density at radius 3 is 2.27 bits per heavy atom. The van der Waals surface area contributed by atoms with Gasteiger partial charge in [-0.15, -0.1) is 0 Å². The molecule has 0 fully saturated rings. The van der Waals surface area contributed by atoms with Gasteiger partial charge >= 0.3 is 5.97 Å². The molecule has 3 heteroatoms. The zero-order valence-corrected chi connectivity index (χ0v) is 14.0. The van der Waals surface area contributed by atoms with Crippen molar-refractivity contribution in [1.82, 2.24) is 0 Å². The van der Waals surface area contributed by atoms with Crippen molar-refractivity contribution in [3.05, 3.63) is 35.4 Å². The van der Waals surface area contributed by atoms with Crippen molar-refractivity contribution in [2.24, 2.45) is 0 Å². The second-order valence-corrected chi connectivity index (χ2v) is 7.03. The average Bonchev–Trinajstić information content (AvgIpc) is 2.61. The van der Waals surface area contributed by atoms with Crippen LogP contribution < -0.4 is 9.47 Å². The van der Waals surface area contributed by atoms with Crippen LogP contribution in [-0.2, 0) is 10.2 Å². The molecule has 22 heavy (non-hydrogen) atoms. The summed E-state index contributed by atoms with van der Waals surface area (Å²) in [6, 6.07) is 7.93. The molecule has 116 valence electrons. The minimum Gasteiger partial charge on any atom is -0.486 e. The van der Waals surface area contributed by atoms with Crippen molar-refractivity contribution in [1.29, 1.82) is 0 Å². The van der Waals surface area contributed by atoms with Crippen molar-refractivity contribution in [3.8, 4) is 11.5 Å². The standard InChI is InChI=1S/C19H22O3/c1-11-15-17(22-19(5,6)18(15,3)4)14-10-8-7-9-13(14)16(11)21-12(2)20/h7-10H,1-6H3. The Kier molecular flexibility index (Phi) is 3.03. The summed E-state index contributed by atoms with van der Waals surface area (Å²) in [5, 5.41) is 1.92. The quantitative estimate of drug-likeness (QED) is 0.573. The molecular formula is C19H22O3. The molecule has 0 amide bonds. The number of carbonyl (C=O) groups is 1. The lowest BCUT2D eigenvalue weighted by Crippen LogP contribution is -2.42. The summed E-state index contributed by atoms with van der Waals surface area (Å²) in [5.41, 5.74) is 1.62. The lowest BCUT2D eigenvalue weighted by molar-refractivity contribution is -0.131. The first kappa shape index (κ1) is 14.9. The highest BCUT2D eigenvalue weighted by Crippen LogP contribution is 2.55. The van der Waals surface area contributed by atoms with Crippen LogP contribution in [0.1, 0.15) is 45.7 Å². The monoisotopic (exact) mass is 298 g/mol. The van der Waals surface area contributed by atoms with E-state index in [4.69, 9.17) is 9.47 Å². The Morgan fingerprint density at radius 2 is 1.68 bits per heavy atom. The van der Waals surface area contributed by atoms with E-state index in [9.17, 15) is 4.79 Å². The fourth-order valence-corrected chi connectivity index (χ4v) is 3.32. The van der Waals surface area contributed by atoms with Crippen LogP contribution in [0.25, 0.3) is 10.8 Å². The molecule has 3 rings (SSSR count). The van der Waals surface area contributed by atoms with E-state index in [1.807, 2.05) is 31.2 Å². The van der Waals surface area contributed by atoms with Crippen LogP contribution in [0.15, 0.2) is 24.3 Å². The lowest BCUT2D eigenvalue weighted by atomic mass is 9.72. The summed E-state index contributed by atoms with van der Waals surface area (Å²) in [7, 11) is 0. The molecule has 0 bridgehead atoms. The smallest absolute Gasteiger partial charge is 0.308 e. The SMILES string of the molecule is CC(=O)Oc1c(C)c2c(c3ccccc13)OC(C)(C)C2(C)C. The summed E-state index contributed by atoms with van der Waals surface area (Å²) >= 11 is 0. The third-order valence-corrected chi connectivity index (χ3v) is 5.09. The van der Waals surface area contributed by atoms with Crippen molar-refractivity contribution in [2.45, 2.75) is 52.6 Å². The number of carbonyl (C=O) groups excluding carboxylic acids is 1. The summed E-state index contributed by atoms with van der Waals surface area (Å²) in [5.74, 6) is 1.26. The van der Waals surface area contributed by atoms with Gasteiger partial charge in [-0.3, -0.25) is 4.79 Å². The number of hydrogen-bond acceptors (Lipinski definition) is 3. The summed E-state index contributed by atoms with van der Waals surface area (Å²) < 4.78 is 11.9. The van der Waals surface area contributed by atoms with E-state index in [1.165, 1.54) is 6.92 Å². The van der Waals surface area contributed by atoms with E-state index in [-0.39, 0.29) is 17.0 Å². The number of rotatable bonds is 1. The highest BCUT2D eigenvalue weighted by Gasteiger charge is 2.50. The van der Waals surface area contributed by atoms with Gasteiger partial charge in [0.05, 0.1) is 0 Å². The van der Waals surface area contributed by atoms with Crippen molar-refractivity contribution in [3.63, 3.8) is 0 Å². The van der Waals surface area contributed by atoms with Crippen LogP contribution in [0, 0.1) is 6.92 Å². The first-order valence-electron chi connectivity index (χ1n) is 7.60. The third-order valence-electron chi connectivity index (χ3n) is 5.09. The molecule has 0 saturated carbocycles. The molecule has 0 radical (unpaired) electrons. The Hall–Kier alpha value is -2.03. The van der Waals surface area contributed by atoms with Gasteiger partial charge in [0.15, 0.2) is 0 Å². The predicted octanol–water partition coefficient (Wildman–Crippen LogP) is 4.52. The molecule has 1 heterocycles. The van der Waals surface area contributed by atoms with Gasteiger partial charge in [-0.1, -0.05) is 38.1 Å².